The fraction of sp³-hybridized carbons (Fsp3) is 0.571. The molecule has 1 N–H and O–H groups in total. The molecule has 1 aromatic carbocycles. The van der Waals surface area contributed by atoms with Crippen LogP contribution in [-0.2, 0) is 17.6 Å². The molecule has 0 spiro atoms. The zero-order chi connectivity index (χ0) is 11.7. The average molecular weight is 250 g/mol. The second kappa shape index (κ2) is 4.63. The third kappa shape index (κ3) is 2.24. The van der Waals surface area contributed by atoms with Gasteiger partial charge in [-0.05, 0) is 48.9 Å². The molecule has 0 radical (unpaired) electrons. The molecule has 0 bridgehead atoms. The van der Waals surface area contributed by atoms with Crippen molar-refractivity contribution in [2.24, 2.45) is 0 Å². The van der Waals surface area contributed by atoms with E-state index >= 15 is 0 Å². The summed E-state index contributed by atoms with van der Waals surface area (Å²) in [7, 11) is 0. The van der Waals surface area contributed by atoms with E-state index in [4.69, 9.17) is 4.74 Å². The summed E-state index contributed by atoms with van der Waals surface area (Å²) < 4.78 is 5.15. The summed E-state index contributed by atoms with van der Waals surface area (Å²) in [5, 5.41) is 9.44. The van der Waals surface area contributed by atoms with Gasteiger partial charge in [0.2, 0.25) is 0 Å². The monoisotopic (exact) mass is 250 g/mol. The van der Waals surface area contributed by atoms with Crippen molar-refractivity contribution in [1.82, 2.24) is 0 Å². The maximum atomic E-state index is 9.44. The van der Waals surface area contributed by atoms with Gasteiger partial charge in [0.15, 0.2) is 0 Å². The topological polar surface area (TPSA) is 29.5 Å². The smallest absolute Gasteiger partial charge is 0.0902 e. The summed E-state index contributed by atoms with van der Waals surface area (Å²) in [5.74, 6) is 0. The summed E-state index contributed by atoms with van der Waals surface area (Å²) in [4.78, 5) is 1.28. The highest BCUT2D eigenvalue weighted by atomic mass is 32.2. The first-order valence-electron chi connectivity index (χ1n) is 6.31. The third-order valence-electron chi connectivity index (χ3n) is 3.67. The lowest BCUT2D eigenvalue weighted by Gasteiger charge is -2.39. The van der Waals surface area contributed by atoms with Gasteiger partial charge in [-0.15, -0.1) is 11.8 Å². The Morgan fingerprint density at radius 2 is 1.94 bits per heavy atom. The second-order valence-electron chi connectivity index (χ2n) is 5.07. The summed E-state index contributed by atoms with van der Waals surface area (Å²) in [6.45, 7) is 1.55. The molecule has 1 saturated heterocycles. The fourth-order valence-corrected chi connectivity index (χ4v) is 3.72. The SMILES string of the molecule is OCC1(Sc2ccc3c(c2)CCCC3)COC1. The van der Waals surface area contributed by atoms with Crippen molar-refractivity contribution < 1.29 is 9.84 Å². The summed E-state index contributed by atoms with van der Waals surface area (Å²) >= 11 is 1.78. The van der Waals surface area contributed by atoms with Crippen LogP contribution < -0.4 is 0 Å². The van der Waals surface area contributed by atoms with Gasteiger partial charge in [-0.25, -0.2) is 0 Å². The van der Waals surface area contributed by atoms with E-state index in [0.29, 0.717) is 13.2 Å². The first-order valence-corrected chi connectivity index (χ1v) is 7.12. The Morgan fingerprint density at radius 3 is 2.59 bits per heavy atom. The minimum absolute atomic E-state index is 0.0805. The summed E-state index contributed by atoms with van der Waals surface area (Å²) in [6.07, 6.45) is 5.09. The number of ether oxygens (including phenoxy) is 1. The fourth-order valence-electron chi connectivity index (χ4n) is 2.54. The van der Waals surface area contributed by atoms with E-state index in [0.717, 1.165) is 0 Å². The van der Waals surface area contributed by atoms with Crippen molar-refractivity contribution in [2.45, 2.75) is 35.3 Å². The van der Waals surface area contributed by atoms with Crippen LogP contribution in [0.3, 0.4) is 0 Å². The summed E-state index contributed by atoms with van der Waals surface area (Å²) in [5.41, 5.74) is 3.03. The van der Waals surface area contributed by atoms with Crippen molar-refractivity contribution in [3.05, 3.63) is 29.3 Å². The van der Waals surface area contributed by atoms with Crippen molar-refractivity contribution in [3.8, 4) is 0 Å². The number of aliphatic hydroxyl groups is 1. The number of aryl methyl sites for hydroxylation is 2. The summed E-state index contributed by atoms with van der Waals surface area (Å²) in [6, 6.07) is 6.78. The first kappa shape index (κ1) is 11.6. The maximum absolute atomic E-state index is 9.44. The Hall–Kier alpha value is -0.510. The van der Waals surface area contributed by atoms with E-state index in [1.165, 1.54) is 41.7 Å². The Kier molecular flexibility index (Phi) is 3.16. The Balaban J connectivity index is 1.79. The standard InChI is InChI=1S/C14H18O2S/c15-8-14(9-16-10-14)17-13-6-5-11-3-1-2-4-12(11)7-13/h5-7,15H,1-4,8-10H2. The molecule has 1 heterocycles. The quantitative estimate of drug-likeness (QED) is 0.893. The van der Waals surface area contributed by atoms with E-state index in [9.17, 15) is 5.11 Å². The lowest BCUT2D eigenvalue weighted by molar-refractivity contribution is -0.0318. The van der Waals surface area contributed by atoms with Crippen LogP contribution in [0.2, 0.25) is 0 Å². The van der Waals surface area contributed by atoms with Crippen LogP contribution in [-0.4, -0.2) is 29.7 Å². The molecule has 0 atom stereocenters. The number of rotatable bonds is 3. The van der Waals surface area contributed by atoms with Gasteiger partial charge in [-0.2, -0.15) is 0 Å². The Labute approximate surface area is 106 Å². The van der Waals surface area contributed by atoms with Gasteiger partial charge in [-0.3, -0.25) is 0 Å². The van der Waals surface area contributed by atoms with Gasteiger partial charge in [0.05, 0.1) is 24.6 Å². The minimum atomic E-state index is -0.0805. The van der Waals surface area contributed by atoms with E-state index in [-0.39, 0.29) is 11.4 Å². The number of benzene rings is 1. The number of hydrogen-bond acceptors (Lipinski definition) is 3. The largest absolute Gasteiger partial charge is 0.395 e. The van der Waals surface area contributed by atoms with Gasteiger partial charge in [0.25, 0.3) is 0 Å². The van der Waals surface area contributed by atoms with Gasteiger partial charge in [-0.1, -0.05) is 6.07 Å². The first-order chi connectivity index (χ1) is 8.31. The van der Waals surface area contributed by atoms with Gasteiger partial charge in [0, 0.05) is 4.90 Å². The zero-order valence-corrected chi connectivity index (χ0v) is 10.8. The normalized spacial score (nSPS) is 21.7. The third-order valence-corrected chi connectivity index (χ3v) is 4.96. The molecule has 1 aliphatic carbocycles. The molecular formula is C14H18O2S. The molecule has 2 nitrogen and oxygen atoms in total. The number of hydrogen-bond donors (Lipinski definition) is 1. The molecule has 3 heteroatoms. The van der Waals surface area contributed by atoms with Crippen LogP contribution in [0.4, 0.5) is 0 Å². The van der Waals surface area contributed by atoms with E-state index in [1.807, 2.05) is 0 Å². The number of thioether (sulfide) groups is 1. The van der Waals surface area contributed by atoms with Crippen LogP contribution in [0.1, 0.15) is 24.0 Å². The van der Waals surface area contributed by atoms with Crippen molar-refractivity contribution in [1.29, 1.82) is 0 Å². The van der Waals surface area contributed by atoms with Crippen LogP contribution in [0.5, 0.6) is 0 Å². The van der Waals surface area contributed by atoms with Crippen LogP contribution >= 0.6 is 11.8 Å². The van der Waals surface area contributed by atoms with Gasteiger partial charge >= 0.3 is 0 Å². The average Bonchev–Trinajstić information content (AvgIpc) is 2.34. The predicted molar refractivity (Wildman–Crippen MR) is 69.6 cm³/mol. The second-order valence-corrected chi connectivity index (χ2v) is 6.62. The molecule has 0 amide bonds. The van der Waals surface area contributed by atoms with E-state index in [1.54, 1.807) is 11.8 Å². The number of fused-ring (bicyclic) bond motifs is 1. The molecule has 0 aromatic heterocycles. The Bertz CT molecular complexity index is 407. The van der Waals surface area contributed by atoms with E-state index < -0.39 is 0 Å². The highest BCUT2D eigenvalue weighted by Crippen LogP contribution is 2.39. The molecule has 1 fully saturated rings. The molecule has 1 aliphatic heterocycles. The molecule has 1 aromatic rings. The minimum Gasteiger partial charge on any atom is -0.395 e. The van der Waals surface area contributed by atoms with Gasteiger partial charge < -0.3 is 9.84 Å². The Morgan fingerprint density at radius 1 is 1.18 bits per heavy atom. The molecule has 2 aliphatic rings. The molecule has 17 heavy (non-hydrogen) atoms. The van der Waals surface area contributed by atoms with Crippen molar-refractivity contribution in [3.63, 3.8) is 0 Å². The zero-order valence-electron chi connectivity index (χ0n) is 9.95. The molecule has 0 unspecified atom stereocenters. The maximum Gasteiger partial charge on any atom is 0.0902 e. The van der Waals surface area contributed by atoms with Crippen molar-refractivity contribution >= 4 is 11.8 Å². The molecule has 92 valence electrons. The highest BCUT2D eigenvalue weighted by Gasteiger charge is 2.39. The molecule has 3 rings (SSSR count). The molecular weight excluding hydrogens is 232 g/mol. The predicted octanol–water partition coefficient (Wildman–Crippen LogP) is 2.42. The van der Waals surface area contributed by atoms with Crippen LogP contribution in [0.25, 0.3) is 0 Å². The van der Waals surface area contributed by atoms with E-state index in [2.05, 4.69) is 18.2 Å². The lowest BCUT2D eigenvalue weighted by atomic mass is 9.92. The highest BCUT2D eigenvalue weighted by molar-refractivity contribution is 8.00. The number of aliphatic hydroxyl groups excluding tert-OH is 1. The molecule has 0 saturated carbocycles. The van der Waals surface area contributed by atoms with Crippen LogP contribution in [0.15, 0.2) is 23.1 Å². The van der Waals surface area contributed by atoms with Crippen LogP contribution in [0, 0.1) is 0 Å². The van der Waals surface area contributed by atoms with Gasteiger partial charge in [0.1, 0.15) is 0 Å². The lowest BCUT2D eigenvalue weighted by Crippen LogP contribution is -2.49. The van der Waals surface area contributed by atoms with Crippen molar-refractivity contribution in [2.75, 3.05) is 19.8 Å².